The predicted octanol–water partition coefficient (Wildman–Crippen LogP) is 1.20. The molecule has 128 valence electrons. The van der Waals surface area contributed by atoms with Crippen molar-refractivity contribution in [2.45, 2.75) is 12.7 Å². The van der Waals surface area contributed by atoms with Gasteiger partial charge in [-0.2, -0.15) is 13.2 Å². The van der Waals surface area contributed by atoms with Crippen LogP contribution in [-0.4, -0.2) is 42.8 Å². The maximum atomic E-state index is 11.9. The molecule has 0 spiro atoms. The van der Waals surface area contributed by atoms with E-state index < -0.39 is 12.1 Å². The predicted molar refractivity (Wildman–Crippen MR) is 73.3 cm³/mol. The van der Waals surface area contributed by atoms with Crippen LogP contribution in [0.3, 0.4) is 0 Å². The normalized spacial score (nSPS) is 13.5. The minimum Gasteiger partial charge on any atom is -0.475 e. The van der Waals surface area contributed by atoms with Gasteiger partial charge in [0.2, 0.25) is 5.95 Å². The lowest BCUT2D eigenvalue weighted by atomic mass is 10.2. The number of alkyl halides is 3. The number of fused-ring (bicyclic) bond motifs is 1. The Labute approximate surface area is 132 Å². The van der Waals surface area contributed by atoms with E-state index >= 15 is 0 Å². The van der Waals surface area contributed by atoms with E-state index in [0.717, 1.165) is 5.56 Å². The van der Waals surface area contributed by atoms with Crippen LogP contribution in [0, 0.1) is 0 Å². The minimum atomic E-state index is -5.08. The fourth-order valence-electron chi connectivity index (χ4n) is 1.78. The number of nitrogens with zero attached hydrogens (tertiary/aromatic N) is 5. The van der Waals surface area contributed by atoms with Gasteiger partial charge in [0.25, 0.3) is 0 Å². The molecule has 3 heterocycles. The van der Waals surface area contributed by atoms with Crippen molar-refractivity contribution in [3.63, 3.8) is 0 Å². The monoisotopic (exact) mass is 344 g/mol. The zero-order valence-electron chi connectivity index (χ0n) is 12.2. The smallest absolute Gasteiger partial charge is 0.475 e. The third kappa shape index (κ3) is 3.59. The Morgan fingerprint density at radius 2 is 2.04 bits per heavy atom. The van der Waals surface area contributed by atoms with E-state index in [-0.39, 0.29) is 6.03 Å². The van der Waals surface area contributed by atoms with E-state index in [0.29, 0.717) is 18.3 Å². The molecule has 0 fully saturated rings. The number of imidazole rings is 1. The number of rotatable bonds is 1. The van der Waals surface area contributed by atoms with E-state index in [1.54, 1.807) is 23.2 Å². The lowest BCUT2D eigenvalue weighted by Crippen LogP contribution is -2.42. The van der Waals surface area contributed by atoms with E-state index in [2.05, 4.69) is 20.3 Å². The van der Waals surface area contributed by atoms with Gasteiger partial charge in [-0.25, -0.2) is 29.4 Å². The van der Waals surface area contributed by atoms with Gasteiger partial charge in [-0.3, -0.25) is 0 Å². The summed E-state index contributed by atoms with van der Waals surface area (Å²) in [6.07, 6.45) is 1.45. The van der Waals surface area contributed by atoms with Gasteiger partial charge in [0.05, 0.1) is 0 Å². The number of amides is 2. The summed E-state index contributed by atoms with van der Waals surface area (Å²) in [5, 5.41) is 9.88. The summed E-state index contributed by atoms with van der Waals surface area (Å²) in [5.41, 5.74) is 0.870. The first kappa shape index (κ1) is 17.2. The van der Waals surface area contributed by atoms with E-state index in [4.69, 9.17) is 9.90 Å². The zero-order chi connectivity index (χ0) is 17.9. The Balaban J connectivity index is 0.000000256. The van der Waals surface area contributed by atoms with Gasteiger partial charge >= 0.3 is 18.2 Å². The Bertz CT molecular complexity index is 760. The van der Waals surface area contributed by atoms with Gasteiger partial charge in [0, 0.05) is 37.7 Å². The first-order chi connectivity index (χ1) is 11.2. The second kappa shape index (κ2) is 6.52. The molecule has 0 radical (unpaired) electrons. The molecule has 3 rings (SSSR count). The molecule has 2 aromatic rings. The summed E-state index contributed by atoms with van der Waals surface area (Å²) in [6.45, 7) is 0.440. The molecule has 24 heavy (non-hydrogen) atoms. The zero-order valence-corrected chi connectivity index (χ0v) is 12.2. The number of aromatic nitrogens is 4. The molecule has 0 aliphatic carbocycles. The van der Waals surface area contributed by atoms with Crippen molar-refractivity contribution >= 4 is 23.8 Å². The molecule has 2 aromatic heterocycles. The summed E-state index contributed by atoms with van der Waals surface area (Å²) < 4.78 is 33.5. The molecule has 0 atom stereocenters. The van der Waals surface area contributed by atoms with E-state index in [1.807, 2.05) is 7.05 Å². The molecule has 0 bridgehead atoms. The number of hydrogen-bond donors (Lipinski definition) is 2. The average molecular weight is 344 g/mol. The number of urea groups is 1. The van der Waals surface area contributed by atoms with Crippen molar-refractivity contribution in [3.8, 4) is 0 Å². The summed E-state index contributed by atoms with van der Waals surface area (Å²) in [5.74, 6) is -1.65. The summed E-state index contributed by atoms with van der Waals surface area (Å²) >= 11 is 0. The SMILES string of the molecule is Cn1ccnc1N1C(=O)NCc2cncnc21.O=C(O)C(F)(F)F. The van der Waals surface area contributed by atoms with Crippen LogP contribution in [0.25, 0.3) is 0 Å². The maximum absolute atomic E-state index is 11.9. The molecule has 0 aromatic carbocycles. The highest BCUT2D eigenvalue weighted by molar-refractivity contribution is 5.99. The third-order valence-corrected chi connectivity index (χ3v) is 2.85. The Morgan fingerprint density at radius 1 is 1.38 bits per heavy atom. The van der Waals surface area contributed by atoms with Gasteiger partial charge < -0.3 is 15.0 Å². The van der Waals surface area contributed by atoms with Crippen LogP contribution in [-0.2, 0) is 18.4 Å². The lowest BCUT2D eigenvalue weighted by Gasteiger charge is -2.27. The number of anilines is 2. The Hall–Kier alpha value is -3.18. The summed E-state index contributed by atoms with van der Waals surface area (Å²) in [7, 11) is 1.82. The van der Waals surface area contributed by atoms with Gasteiger partial charge in [-0.15, -0.1) is 0 Å². The molecule has 1 aliphatic heterocycles. The lowest BCUT2D eigenvalue weighted by molar-refractivity contribution is -0.192. The number of nitrogens with one attached hydrogen (secondary N) is 1. The number of aryl methyl sites for hydroxylation is 1. The van der Waals surface area contributed by atoms with Crippen molar-refractivity contribution in [2.24, 2.45) is 7.05 Å². The van der Waals surface area contributed by atoms with Crippen LogP contribution in [0.4, 0.5) is 29.7 Å². The second-order valence-electron chi connectivity index (χ2n) is 4.51. The summed E-state index contributed by atoms with van der Waals surface area (Å²) in [4.78, 5) is 34.5. The average Bonchev–Trinajstić information content (AvgIpc) is 2.92. The molecule has 2 N–H and O–H groups in total. The van der Waals surface area contributed by atoms with Crippen LogP contribution < -0.4 is 10.2 Å². The number of carbonyl (C=O) groups is 2. The first-order valence-corrected chi connectivity index (χ1v) is 6.36. The Kier molecular flexibility index (Phi) is 4.66. The fourth-order valence-corrected chi connectivity index (χ4v) is 1.78. The molecule has 12 heteroatoms. The quantitative estimate of drug-likeness (QED) is 0.804. The number of carboxylic acids is 1. The van der Waals surface area contributed by atoms with Crippen molar-refractivity contribution in [1.29, 1.82) is 0 Å². The van der Waals surface area contributed by atoms with Gasteiger partial charge in [-0.1, -0.05) is 0 Å². The second-order valence-corrected chi connectivity index (χ2v) is 4.51. The first-order valence-electron chi connectivity index (χ1n) is 6.36. The van der Waals surface area contributed by atoms with Gasteiger partial charge in [0.1, 0.15) is 6.33 Å². The molecular formula is C12H11F3N6O3. The van der Waals surface area contributed by atoms with Crippen molar-refractivity contribution in [2.75, 3.05) is 4.90 Å². The minimum absolute atomic E-state index is 0.231. The third-order valence-electron chi connectivity index (χ3n) is 2.85. The van der Waals surface area contributed by atoms with E-state index in [1.165, 1.54) is 11.2 Å². The molecule has 2 amide bonds. The van der Waals surface area contributed by atoms with Crippen LogP contribution in [0.1, 0.15) is 5.56 Å². The standard InChI is InChI=1S/C10H10N6O.C2HF3O2/c1-15-3-2-12-9(15)16-8-7(4-11-6-14-8)5-13-10(16)17;3-2(4,5)1(6)7/h2-4,6H,5H2,1H3,(H,13,17);(H,6,7). The van der Waals surface area contributed by atoms with Crippen molar-refractivity contribution < 1.29 is 27.9 Å². The number of carbonyl (C=O) groups excluding carboxylic acids is 1. The molecule has 0 unspecified atom stereocenters. The highest BCUT2D eigenvalue weighted by atomic mass is 19.4. The highest BCUT2D eigenvalue weighted by Gasteiger charge is 2.38. The van der Waals surface area contributed by atoms with Crippen LogP contribution in [0.15, 0.2) is 24.9 Å². The summed E-state index contributed by atoms with van der Waals surface area (Å²) in [6, 6.07) is -0.231. The van der Waals surface area contributed by atoms with Crippen molar-refractivity contribution in [1.82, 2.24) is 24.8 Å². The maximum Gasteiger partial charge on any atom is 0.490 e. The highest BCUT2D eigenvalue weighted by Crippen LogP contribution is 2.27. The molecular weight excluding hydrogens is 333 g/mol. The molecule has 0 saturated heterocycles. The topological polar surface area (TPSA) is 113 Å². The van der Waals surface area contributed by atoms with Crippen molar-refractivity contribution in [3.05, 3.63) is 30.5 Å². The largest absolute Gasteiger partial charge is 0.490 e. The number of halogens is 3. The van der Waals surface area contributed by atoms with Crippen LogP contribution >= 0.6 is 0 Å². The molecule has 9 nitrogen and oxygen atoms in total. The Morgan fingerprint density at radius 3 is 2.58 bits per heavy atom. The van der Waals surface area contributed by atoms with E-state index in [9.17, 15) is 18.0 Å². The molecule has 0 saturated carbocycles. The fraction of sp³-hybridized carbons (Fsp3) is 0.250. The number of carboxylic acid groups (broad SMARTS) is 1. The number of hydrogen-bond acceptors (Lipinski definition) is 5. The van der Waals surface area contributed by atoms with Crippen LogP contribution in [0.2, 0.25) is 0 Å². The van der Waals surface area contributed by atoms with Gasteiger partial charge in [0.15, 0.2) is 5.82 Å². The van der Waals surface area contributed by atoms with Crippen LogP contribution in [0.5, 0.6) is 0 Å². The van der Waals surface area contributed by atoms with Gasteiger partial charge in [-0.05, 0) is 0 Å². The number of aliphatic carboxylic acids is 1. The molecule has 1 aliphatic rings.